The number of amides is 1. The van der Waals surface area contributed by atoms with Crippen LogP contribution in [0, 0.1) is 29.0 Å². The van der Waals surface area contributed by atoms with Gasteiger partial charge in [-0.2, -0.15) is 0 Å². The molecule has 3 aliphatic carbocycles. The maximum absolute atomic E-state index is 15.3. The first-order valence-corrected chi connectivity index (χ1v) is 13.1. The molecule has 0 aromatic heterocycles. The number of halogens is 1. The van der Waals surface area contributed by atoms with Crippen LogP contribution in [0.5, 0.6) is 5.75 Å². The van der Waals surface area contributed by atoms with Crippen LogP contribution in [0.4, 0.5) is 4.39 Å². The number of hydrogen-bond donors (Lipinski definition) is 1. The number of fused-ring (bicyclic) bond motifs is 2. The standard InChI is InChI=1S/C28H38FNO4/c1-17-9-18-11-19(10-17)15-27(2,14-18)16-34-24-13-23(29)22(12-21(24)20-5-6-20)25(31)30-8-4-7-28(30,3)26(32)33/h12-13,17-20H,4-11,14-16H2,1-3H3,(H,32,33)/t17?,18?,19?,27?,28-/m0/s1. The van der Waals surface area contributed by atoms with Gasteiger partial charge in [-0.15, -0.1) is 0 Å². The second-order valence-electron chi connectivity index (χ2n) is 12.3. The van der Waals surface area contributed by atoms with Crippen molar-refractivity contribution < 1.29 is 23.8 Å². The Labute approximate surface area is 202 Å². The molecule has 3 atom stereocenters. The van der Waals surface area contributed by atoms with E-state index < -0.39 is 23.2 Å². The van der Waals surface area contributed by atoms with E-state index in [-0.39, 0.29) is 16.9 Å². The maximum Gasteiger partial charge on any atom is 0.329 e. The molecule has 0 spiro atoms. The van der Waals surface area contributed by atoms with Crippen LogP contribution in [0.25, 0.3) is 0 Å². The van der Waals surface area contributed by atoms with Crippen molar-refractivity contribution in [2.45, 2.75) is 90.0 Å². The largest absolute Gasteiger partial charge is 0.493 e. The first kappa shape index (κ1) is 23.6. The molecule has 1 aromatic rings. The van der Waals surface area contributed by atoms with Gasteiger partial charge in [-0.25, -0.2) is 9.18 Å². The van der Waals surface area contributed by atoms with E-state index in [4.69, 9.17) is 4.74 Å². The van der Waals surface area contributed by atoms with Gasteiger partial charge in [-0.1, -0.05) is 13.8 Å². The summed E-state index contributed by atoms with van der Waals surface area (Å²) in [4.78, 5) is 26.4. The first-order valence-electron chi connectivity index (χ1n) is 13.1. The SMILES string of the molecule is CC1CC2CC(C1)CC(C)(COc1cc(F)c(C(=O)N3CCC[C@@]3(C)C(=O)O)cc1C1CC1)C2. The van der Waals surface area contributed by atoms with Crippen molar-refractivity contribution in [3.8, 4) is 5.75 Å². The fourth-order valence-corrected chi connectivity index (χ4v) is 7.31. The maximum atomic E-state index is 15.3. The molecule has 2 unspecified atom stereocenters. The minimum atomic E-state index is -1.29. The molecule has 5 rings (SSSR count). The lowest BCUT2D eigenvalue weighted by atomic mass is 9.60. The third-order valence-corrected chi connectivity index (χ3v) is 8.97. The highest BCUT2D eigenvalue weighted by molar-refractivity contribution is 5.98. The smallest absolute Gasteiger partial charge is 0.329 e. The lowest BCUT2D eigenvalue weighted by molar-refractivity contribution is -0.147. The van der Waals surface area contributed by atoms with Gasteiger partial charge in [0, 0.05) is 18.0 Å². The summed E-state index contributed by atoms with van der Waals surface area (Å²) < 4.78 is 21.6. The monoisotopic (exact) mass is 471 g/mol. The lowest BCUT2D eigenvalue weighted by Gasteiger charge is -2.47. The minimum Gasteiger partial charge on any atom is -0.493 e. The van der Waals surface area contributed by atoms with E-state index in [1.165, 1.54) is 30.2 Å². The number of nitrogens with zero attached hydrogens (tertiary/aromatic N) is 1. The van der Waals surface area contributed by atoms with E-state index >= 15 is 4.39 Å². The van der Waals surface area contributed by atoms with E-state index in [1.807, 2.05) is 0 Å². The van der Waals surface area contributed by atoms with Crippen LogP contribution >= 0.6 is 0 Å². The number of rotatable bonds is 6. The van der Waals surface area contributed by atoms with Gasteiger partial charge in [0.15, 0.2) is 0 Å². The number of aliphatic carboxylic acids is 1. The summed E-state index contributed by atoms with van der Waals surface area (Å²) in [6.07, 6.45) is 9.26. The van der Waals surface area contributed by atoms with Gasteiger partial charge in [0.05, 0.1) is 12.2 Å². The molecule has 1 heterocycles. The summed E-state index contributed by atoms with van der Waals surface area (Å²) in [7, 11) is 0. The number of carbonyl (C=O) groups excluding carboxylic acids is 1. The molecular formula is C28H38FNO4. The van der Waals surface area contributed by atoms with Crippen molar-refractivity contribution in [1.29, 1.82) is 0 Å². The molecule has 1 amide bonds. The van der Waals surface area contributed by atoms with Crippen LogP contribution in [0.15, 0.2) is 12.1 Å². The molecule has 3 saturated carbocycles. The van der Waals surface area contributed by atoms with Crippen molar-refractivity contribution in [3.63, 3.8) is 0 Å². The summed E-state index contributed by atoms with van der Waals surface area (Å²) in [5, 5.41) is 9.69. The first-order chi connectivity index (χ1) is 16.1. The van der Waals surface area contributed by atoms with Crippen LogP contribution in [-0.2, 0) is 4.79 Å². The van der Waals surface area contributed by atoms with E-state index in [2.05, 4.69) is 13.8 Å². The average Bonchev–Trinajstić information content (AvgIpc) is 3.51. The average molecular weight is 472 g/mol. The molecule has 1 aliphatic heterocycles. The molecule has 34 heavy (non-hydrogen) atoms. The molecule has 186 valence electrons. The third kappa shape index (κ3) is 4.33. The zero-order valence-electron chi connectivity index (χ0n) is 20.7. The highest BCUT2D eigenvalue weighted by Crippen LogP contribution is 2.51. The van der Waals surface area contributed by atoms with Gasteiger partial charge in [0.25, 0.3) is 5.91 Å². The highest BCUT2D eigenvalue weighted by Gasteiger charge is 2.47. The predicted octanol–water partition coefficient (Wildman–Crippen LogP) is 6.01. The van der Waals surface area contributed by atoms with Crippen LogP contribution < -0.4 is 4.74 Å². The summed E-state index contributed by atoms with van der Waals surface area (Å²) in [6, 6.07) is 3.02. The molecule has 1 saturated heterocycles. The molecule has 5 nitrogen and oxygen atoms in total. The zero-order valence-corrected chi connectivity index (χ0v) is 20.7. The van der Waals surface area contributed by atoms with Gasteiger partial charge in [0.1, 0.15) is 17.1 Å². The van der Waals surface area contributed by atoms with Gasteiger partial charge < -0.3 is 14.7 Å². The van der Waals surface area contributed by atoms with E-state index in [9.17, 15) is 14.7 Å². The molecule has 4 aliphatic rings. The quantitative estimate of drug-likeness (QED) is 0.551. The van der Waals surface area contributed by atoms with E-state index in [0.29, 0.717) is 31.7 Å². The van der Waals surface area contributed by atoms with Crippen LogP contribution in [0.3, 0.4) is 0 Å². The number of hydrogen-bond acceptors (Lipinski definition) is 3. The molecule has 6 heteroatoms. The Balaban J connectivity index is 1.36. The van der Waals surface area contributed by atoms with Crippen LogP contribution in [0.1, 0.15) is 100 Å². The molecule has 0 radical (unpaired) electrons. The summed E-state index contributed by atoms with van der Waals surface area (Å²) in [6.45, 7) is 7.14. The second-order valence-corrected chi connectivity index (χ2v) is 12.3. The number of benzene rings is 1. The lowest BCUT2D eigenvalue weighted by Crippen LogP contribution is -2.51. The van der Waals surface area contributed by atoms with Gasteiger partial charge in [-0.3, -0.25) is 4.79 Å². The Bertz CT molecular complexity index is 971. The van der Waals surface area contributed by atoms with Crippen LogP contribution in [-0.4, -0.2) is 40.6 Å². The molecule has 1 N–H and O–H groups in total. The fourth-order valence-electron chi connectivity index (χ4n) is 7.31. The number of carboxylic acids is 1. The fraction of sp³-hybridized carbons (Fsp3) is 0.714. The van der Waals surface area contributed by atoms with Crippen molar-refractivity contribution in [2.75, 3.05) is 13.2 Å². The van der Waals surface area contributed by atoms with Crippen molar-refractivity contribution in [1.82, 2.24) is 4.90 Å². The van der Waals surface area contributed by atoms with Crippen molar-refractivity contribution in [2.24, 2.45) is 23.2 Å². The predicted molar refractivity (Wildman–Crippen MR) is 128 cm³/mol. The third-order valence-electron chi connectivity index (χ3n) is 8.97. The molecule has 1 aromatic carbocycles. The number of ether oxygens (including phenoxy) is 1. The number of carbonyl (C=O) groups is 2. The Morgan fingerprint density at radius 2 is 1.82 bits per heavy atom. The summed E-state index contributed by atoms with van der Waals surface area (Å²) >= 11 is 0. The Morgan fingerprint density at radius 1 is 1.15 bits per heavy atom. The minimum absolute atomic E-state index is 0.0315. The van der Waals surface area contributed by atoms with Crippen LogP contribution in [0.2, 0.25) is 0 Å². The Morgan fingerprint density at radius 3 is 2.44 bits per heavy atom. The van der Waals surface area contributed by atoms with Crippen molar-refractivity contribution >= 4 is 11.9 Å². The number of carboxylic acid groups (broad SMARTS) is 1. The Kier molecular flexibility index (Phi) is 5.92. The zero-order chi connectivity index (χ0) is 24.3. The van der Waals surface area contributed by atoms with Gasteiger partial charge in [-0.05, 0) is 100 Å². The summed E-state index contributed by atoms with van der Waals surface area (Å²) in [5.74, 6) is 0.988. The normalized spacial score (nSPS) is 35.3. The molecule has 2 bridgehead atoms. The van der Waals surface area contributed by atoms with Crippen molar-refractivity contribution in [3.05, 3.63) is 29.1 Å². The second kappa shape index (κ2) is 8.53. The summed E-state index contributed by atoms with van der Waals surface area (Å²) in [5.41, 5.74) is -0.327. The molecule has 4 fully saturated rings. The highest BCUT2D eigenvalue weighted by atomic mass is 19.1. The topological polar surface area (TPSA) is 66.8 Å². The van der Waals surface area contributed by atoms with E-state index in [0.717, 1.165) is 49.0 Å². The van der Waals surface area contributed by atoms with Gasteiger partial charge in [0.2, 0.25) is 0 Å². The Hall–Kier alpha value is -2.11. The molecular weight excluding hydrogens is 433 g/mol. The number of likely N-dealkylation sites (tertiary alicyclic amines) is 1. The van der Waals surface area contributed by atoms with E-state index in [1.54, 1.807) is 13.0 Å². The van der Waals surface area contributed by atoms with Gasteiger partial charge >= 0.3 is 5.97 Å².